The van der Waals surface area contributed by atoms with Crippen LogP contribution >= 0.6 is 0 Å². The minimum atomic E-state index is 0.838. The molecule has 2 heteroatoms. The molecule has 49 heavy (non-hydrogen) atoms. The molecular formula is C47H66N2. The highest BCUT2D eigenvalue weighted by Gasteiger charge is 2.07. The van der Waals surface area contributed by atoms with Crippen LogP contribution in [0, 0.1) is 0 Å². The standard InChI is InChI=1S/C47H66N2/c1-3-18-44-36-40(34-38-24-30-46(48)31-25-38)22-28-42(44)20-16-14-12-10-8-6-5-7-9-11-13-15-17-21-43-29-23-41(37-45(43)19-4-2)35-39-26-32-47(49)33-27-39/h22-33,36-37H,3-21,34-35,48-49H2,1-2H3. The van der Waals surface area contributed by atoms with Gasteiger partial charge in [-0.2, -0.15) is 0 Å². The third kappa shape index (κ3) is 14.5. The van der Waals surface area contributed by atoms with E-state index in [0.29, 0.717) is 0 Å². The van der Waals surface area contributed by atoms with E-state index in [9.17, 15) is 0 Å². The molecule has 0 aliphatic heterocycles. The maximum atomic E-state index is 5.87. The molecule has 0 aromatic heterocycles. The van der Waals surface area contributed by atoms with Gasteiger partial charge in [0.1, 0.15) is 0 Å². The Morgan fingerprint density at radius 3 is 0.959 bits per heavy atom. The van der Waals surface area contributed by atoms with Crippen LogP contribution in [0.5, 0.6) is 0 Å². The van der Waals surface area contributed by atoms with Crippen molar-refractivity contribution in [1.82, 2.24) is 0 Å². The van der Waals surface area contributed by atoms with Gasteiger partial charge < -0.3 is 11.5 Å². The van der Waals surface area contributed by atoms with Crippen LogP contribution in [-0.4, -0.2) is 0 Å². The average molecular weight is 659 g/mol. The molecule has 0 aliphatic carbocycles. The Hall–Kier alpha value is -3.52. The molecule has 0 saturated heterocycles. The van der Waals surface area contributed by atoms with Crippen LogP contribution in [0.3, 0.4) is 0 Å². The number of hydrogen-bond acceptors (Lipinski definition) is 2. The molecule has 4 N–H and O–H groups in total. The van der Waals surface area contributed by atoms with Gasteiger partial charge in [-0.25, -0.2) is 0 Å². The van der Waals surface area contributed by atoms with E-state index in [1.807, 2.05) is 24.3 Å². The van der Waals surface area contributed by atoms with Gasteiger partial charge in [0.25, 0.3) is 0 Å². The van der Waals surface area contributed by atoms with Gasteiger partial charge in [0, 0.05) is 11.4 Å². The van der Waals surface area contributed by atoms with Gasteiger partial charge in [0.05, 0.1) is 0 Å². The van der Waals surface area contributed by atoms with Gasteiger partial charge in [-0.15, -0.1) is 0 Å². The maximum Gasteiger partial charge on any atom is 0.0314 e. The summed E-state index contributed by atoms with van der Waals surface area (Å²) in [7, 11) is 0. The van der Waals surface area contributed by atoms with Crippen LogP contribution in [-0.2, 0) is 38.5 Å². The number of hydrogen-bond donors (Lipinski definition) is 2. The number of anilines is 2. The third-order valence-corrected chi connectivity index (χ3v) is 10.2. The van der Waals surface area contributed by atoms with Crippen molar-refractivity contribution in [3.8, 4) is 0 Å². The number of rotatable bonds is 24. The zero-order chi connectivity index (χ0) is 34.5. The van der Waals surface area contributed by atoms with Crippen molar-refractivity contribution < 1.29 is 0 Å². The van der Waals surface area contributed by atoms with E-state index >= 15 is 0 Å². The number of aryl methyl sites for hydroxylation is 4. The molecule has 4 aromatic carbocycles. The molecule has 0 aliphatic rings. The highest BCUT2D eigenvalue weighted by atomic mass is 14.5. The number of nitrogen functional groups attached to an aromatic ring is 2. The average Bonchev–Trinajstić information content (AvgIpc) is 3.10. The van der Waals surface area contributed by atoms with E-state index in [-0.39, 0.29) is 0 Å². The summed E-state index contributed by atoms with van der Waals surface area (Å²) in [6.07, 6.45) is 27.3. The van der Waals surface area contributed by atoms with E-state index in [1.54, 1.807) is 22.3 Å². The Kier molecular flexibility index (Phi) is 17.4. The van der Waals surface area contributed by atoms with Crippen LogP contribution in [0.15, 0.2) is 84.9 Å². The zero-order valence-electron chi connectivity index (χ0n) is 31.1. The Bertz CT molecular complexity index is 1350. The molecule has 0 unspecified atom stereocenters. The summed E-state index contributed by atoms with van der Waals surface area (Å²) in [5.41, 5.74) is 25.2. The molecule has 264 valence electrons. The number of nitrogens with two attached hydrogens (primary N) is 2. The van der Waals surface area contributed by atoms with E-state index in [2.05, 4.69) is 74.5 Å². The normalized spacial score (nSPS) is 11.3. The fraction of sp³-hybridized carbons (Fsp3) is 0.489. The second-order valence-corrected chi connectivity index (χ2v) is 14.6. The van der Waals surface area contributed by atoms with Crippen molar-refractivity contribution in [2.75, 3.05) is 11.5 Å². The summed E-state index contributed by atoms with van der Waals surface area (Å²) in [5.74, 6) is 0. The molecule has 0 spiro atoms. The minimum absolute atomic E-state index is 0.838. The fourth-order valence-corrected chi connectivity index (χ4v) is 7.39. The highest BCUT2D eigenvalue weighted by Crippen LogP contribution is 2.22. The molecule has 0 bridgehead atoms. The quantitative estimate of drug-likeness (QED) is 0.0581. The van der Waals surface area contributed by atoms with Gasteiger partial charge in [0.2, 0.25) is 0 Å². The number of unbranched alkanes of at least 4 members (excludes halogenated alkanes) is 12. The second-order valence-electron chi connectivity index (χ2n) is 14.6. The first-order chi connectivity index (χ1) is 24.0. The molecule has 0 atom stereocenters. The lowest BCUT2D eigenvalue weighted by atomic mass is 9.93. The molecular weight excluding hydrogens is 593 g/mol. The van der Waals surface area contributed by atoms with Crippen molar-refractivity contribution in [3.63, 3.8) is 0 Å². The van der Waals surface area contributed by atoms with Crippen LogP contribution in [0.4, 0.5) is 11.4 Å². The minimum Gasteiger partial charge on any atom is -0.399 e. The monoisotopic (exact) mass is 659 g/mol. The van der Waals surface area contributed by atoms with Gasteiger partial charge in [-0.05, 0) is 120 Å². The Morgan fingerprint density at radius 2 is 0.633 bits per heavy atom. The summed E-state index contributed by atoms with van der Waals surface area (Å²) in [4.78, 5) is 0. The van der Waals surface area contributed by atoms with E-state index in [4.69, 9.17) is 11.5 Å². The van der Waals surface area contributed by atoms with Crippen LogP contribution in [0.2, 0.25) is 0 Å². The van der Waals surface area contributed by atoms with Gasteiger partial charge in [-0.1, -0.05) is 158 Å². The summed E-state index contributed by atoms with van der Waals surface area (Å²) in [6, 6.07) is 31.1. The second kappa shape index (κ2) is 22.2. The lowest BCUT2D eigenvalue weighted by Crippen LogP contribution is -1.98. The molecule has 0 saturated carbocycles. The Balaban J connectivity index is 1.00. The molecule has 4 aromatic rings. The third-order valence-electron chi connectivity index (χ3n) is 10.2. The summed E-state index contributed by atoms with van der Waals surface area (Å²) in [6.45, 7) is 4.60. The predicted octanol–water partition coefficient (Wildman–Crippen LogP) is 12.8. The van der Waals surface area contributed by atoms with Gasteiger partial charge >= 0.3 is 0 Å². The molecule has 0 amide bonds. The topological polar surface area (TPSA) is 52.0 Å². The van der Waals surface area contributed by atoms with Gasteiger partial charge in [0.15, 0.2) is 0 Å². The summed E-state index contributed by atoms with van der Waals surface area (Å²) < 4.78 is 0. The van der Waals surface area contributed by atoms with E-state index in [0.717, 1.165) is 24.2 Å². The SMILES string of the molecule is CCCc1cc(Cc2ccc(N)cc2)ccc1CCCCCCCCCCCCCCCc1ccc(Cc2ccc(N)cc2)cc1CCC. The molecule has 0 heterocycles. The molecule has 0 fully saturated rings. The Morgan fingerprint density at radius 1 is 0.327 bits per heavy atom. The summed E-state index contributed by atoms with van der Waals surface area (Å²) >= 11 is 0. The first kappa shape index (κ1) is 38.3. The van der Waals surface area contributed by atoms with Crippen molar-refractivity contribution in [2.45, 2.75) is 149 Å². The lowest BCUT2D eigenvalue weighted by molar-refractivity contribution is 0.536. The first-order valence-corrected chi connectivity index (χ1v) is 19.9. The van der Waals surface area contributed by atoms with Crippen molar-refractivity contribution in [2.24, 2.45) is 0 Å². The van der Waals surface area contributed by atoms with Crippen LogP contribution < -0.4 is 11.5 Å². The largest absolute Gasteiger partial charge is 0.399 e. The van der Waals surface area contributed by atoms with Crippen molar-refractivity contribution in [1.29, 1.82) is 0 Å². The first-order valence-electron chi connectivity index (χ1n) is 19.9. The smallest absolute Gasteiger partial charge is 0.0314 e. The van der Waals surface area contributed by atoms with Crippen molar-refractivity contribution in [3.05, 3.63) is 129 Å². The van der Waals surface area contributed by atoms with Crippen LogP contribution in [0.1, 0.15) is 155 Å². The molecule has 4 rings (SSSR count). The lowest BCUT2D eigenvalue weighted by Gasteiger charge is -2.12. The van der Waals surface area contributed by atoms with E-state index < -0.39 is 0 Å². The van der Waals surface area contributed by atoms with Crippen LogP contribution in [0.25, 0.3) is 0 Å². The number of benzene rings is 4. The van der Waals surface area contributed by atoms with Crippen molar-refractivity contribution >= 4 is 11.4 Å². The Labute approximate surface area is 300 Å². The fourth-order valence-electron chi connectivity index (χ4n) is 7.39. The molecule has 0 radical (unpaired) electrons. The van der Waals surface area contributed by atoms with E-state index in [1.165, 1.54) is 144 Å². The summed E-state index contributed by atoms with van der Waals surface area (Å²) in [5, 5.41) is 0. The highest BCUT2D eigenvalue weighted by molar-refractivity contribution is 5.43. The zero-order valence-corrected chi connectivity index (χ0v) is 31.1. The predicted molar refractivity (Wildman–Crippen MR) is 216 cm³/mol. The van der Waals surface area contributed by atoms with Gasteiger partial charge in [-0.3, -0.25) is 0 Å². The molecule has 2 nitrogen and oxygen atoms in total. The maximum absolute atomic E-state index is 5.87.